The van der Waals surface area contributed by atoms with Crippen LogP contribution >= 0.6 is 0 Å². The van der Waals surface area contributed by atoms with Crippen LogP contribution in [0.2, 0.25) is 0 Å². The summed E-state index contributed by atoms with van der Waals surface area (Å²) in [5.74, 6) is 0.708. The Labute approximate surface area is 142 Å². The third-order valence-corrected chi connectivity index (χ3v) is 4.71. The summed E-state index contributed by atoms with van der Waals surface area (Å²) >= 11 is 0. The average Bonchev–Trinajstić information content (AvgIpc) is 3.06. The summed E-state index contributed by atoms with van der Waals surface area (Å²) in [4.78, 5) is 21.3. The van der Waals surface area contributed by atoms with Gasteiger partial charge in [0.15, 0.2) is 6.10 Å². The fourth-order valence-corrected chi connectivity index (χ4v) is 3.29. The van der Waals surface area contributed by atoms with Crippen LogP contribution in [0.5, 0.6) is 0 Å². The normalized spacial score (nSPS) is 20.1. The number of imidazole rings is 1. The number of piperazine rings is 1. The minimum Gasteiger partial charge on any atom is -0.378 e. The van der Waals surface area contributed by atoms with Gasteiger partial charge in [0.1, 0.15) is 5.82 Å². The molecular formula is C18H24N4O2. The van der Waals surface area contributed by atoms with Gasteiger partial charge in [-0.3, -0.25) is 9.69 Å². The molecule has 1 unspecified atom stereocenters. The first kappa shape index (κ1) is 16.7. The van der Waals surface area contributed by atoms with E-state index < -0.39 is 6.10 Å². The van der Waals surface area contributed by atoms with Crippen molar-refractivity contribution in [2.45, 2.75) is 19.1 Å². The molecule has 3 rings (SSSR count). The molecule has 128 valence electrons. The number of aryl methyl sites for hydroxylation is 1. The lowest BCUT2D eigenvalue weighted by atomic mass is 10.1. The van der Waals surface area contributed by atoms with Crippen LogP contribution in [0.1, 0.15) is 30.5 Å². The maximum Gasteiger partial charge on any atom is 0.256 e. The van der Waals surface area contributed by atoms with Gasteiger partial charge in [0, 0.05) is 39.1 Å². The van der Waals surface area contributed by atoms with Crippen molar-refractivity contribution in [1.29, 1.82) is 0 Å². The van der Waals surface area contributed by atoms with E-state index in [9.17, 15) is 9.90 Å². The van der Waals surface area contributed by atoms with Crippen molar-refractivity contribution < 1.29 is 9.90 Å². The van der Waals surface area contributed by atoms with Crippen LogP contribution in [0.3, 0.4) is 0 Å². The predicted octanol–water partition coefficient (Wildman–Crippen LogP) is 1.36. The molecule has 1 aromatic heterocycles. The van der Waals surface area contributed by atoms with E-state index in [4.69, 9.17) is 0 Å². The highest BCUT2D eigenvalue weighted by atomic mass is 16.3. The second-order valence-corrected chi connectivity index (χ2v) is 6.14. The van der Waals surface area contributed by atoms with Crippen molar-refractivity contribution in [3.05, 3.63) is 54.1 Å². The van der Waals surface area contributed by atoms with E-state index in [1.54, 1.807) is 23.2 Å². The minimum absolute atomic E-state index is 0.0515. The number of aliphatic hydroxyl groups excluding tert-OH is 1. The molecule has 6 heteroatoms. The summed E-state index contributed by atoms with van der Waals surface area (Å²) in [6.07, 6.45) is 2.59. The molecule has 0 radical (unpaired) electrons. The van der Waals surface area contributed by atoms with Gasteiger partial charge in [-0.2, -0.15) is 0 Å². The van der Waals surface area contributed by atoms with Gasteiger partial charge in [-0.15, -0.1) is 0 Å². The van der Waals surface area contributed by atoms with Crippen molar-refractivity contribution in [2.75, 3.05) is 26.2 Å². The lowest BCUT2D eigenvalue weighted by molar-refractivity contribution is -0.143. The highest BCUT2D eigenvalue weighted by molar-refractivity contribution is 5.82. The Morgan fingerprint density at radius 2 is 2.08 bits per heavy atom. The standard InChI is InChI=1S/C18H24N4O2/c1-3-21-11-12-22(13-15(21)17-19-9-10-20(17)2)18(24)16(23)14-7-5-4-6-8-14/h4-10,15-16,23H,3,11-13H2,1-2H3/t15?,16-/m1/s1. The number of amides is 1. The second-order valence-electron chi connectivity index (χ2n) is 6.14. The summed E-state index contributed by atoms with van der Waals surface area (Å²) in [5.41, 5.74) is 0.633. The van der Waals surface area contributed by atoms with E-state index in [1.807, 2.05) is 36.0 Å². The Balaban J connectivity index is 1.77. The number of rotatable bonds is 4. The van der Waals surface area contributed by atoms with Crippen molar-refractivity contribution in [3.8, 4) is 0 Å². The molecule has 0 aliphatic carbocycles. The van der Waals surface area contributed by atoms with E-state index in [0.717, 1.165) is 18.9 Å². The number of likely N-dealkylation sites (N-methyl/N-ethyl adjacent to an activating group) is 1. The third-order valence-electron chi connectivity index (χ3n) is 4.71. The molecule has 1 aliphatic rings. The first-order chi connectivity index (χ1) is 11.6. The second kappa shape index (κ2) is 7.15. The lowest BCUT2D eigenvalue weighted by Gasteiger charge is -2.41. The summed E-state index contributed by atoms with van der Waals surface area (Å²) in [6.45, 7) is 4.97. The molecule has 2 atom stereocenters. The van der Waals surface area contributed by atoms with Gasteiger partial charge in [-0.1, -0.05) is 37.3 Å². The first-order valence-corrected chi connectivity index (χ1v) is 8.35. The van der Waals surface area contributed by atoms with Gasteiger partial charge in [0.2, 0.25) is 0 Å². The SMILES string of the molecule is CCN1CCN(C(=O)[C@H](O)c2ccccc2)CC1c1nccn1C. The zero-order chi connectivity index (χ0) is 17.1. The summed E-state index contributed by atoms with van der Waals surface area (Å²) in [7, 11) is 1.97. The molecule has 1 fully saturated rings. The van der Waals surface area contributed by atoms with Crippen LogP contribution < -0.4 is 0 Å². The fraction of sp³-hybridized carbons (Fsp3) is 0.444. The monoisotopic (exact) mass is 328 g/mol. The first-order valence-electron chi connectivity index (χ1n) is 8.35. The minimum atomic E-state index is -1.11. The number of hydrogen-bond acceptors (Lipinski definition) is 4. The van der Waals surface area contributed by atoms with Crippen molar-refractivity contribution in [1.82, 2.24) is 19.4 Å². The van der Waals surface area contributed by atoms with Crippen molar-refractivity contribution in [2.24, 2.45) is 7.05 Å². The van der Waals surface area contributed by atoms with E-state index in [1.165, 1.54) is 0 Å². The summed E-state index contributed by atoms with van der Waals surface area (Å²) < 4.78 is 1.99. The van der Waals surface area contributed by atoms with Crippen molar-refractivity contribution in [3.63, 3.8) is 0 Å². The predicted molar refractivity (Wildman–Crippen MR) is 91.2 cm³/mol. The molecule has 0 saturated carbocycles. The Kier molecular flexibility index (Phi) is 4.97. The lowest BCUT2D eigenvalue weighted by Crippen LogP contribution is -2.52. The molecule has 6 nitrogen and oxygen atoms in total. The van der Waals surface area contributed by atoms with Crippen LogP contribution in [-0.4, -0.2) is 56.5 Å². The number of hydrogen-bond donors (Lipinski definition) is 1. The Bertz CT molecular complexity index is 685. The molecule has 0 spiro atoms. The topological polar surface area (TPSA) is 61.6 Å². The van der Waals surface area contributed by atoms with Crippen LogP contribution in [0.15, 0.2) is 42.7 Å². The average molecular weight is 328 g/mol. The van der Waals surface area contributed by atoms with Crippen LogP contribution in [0.4, 0.5) is 0 Å². The molecule has 1 aromatic carbocycles. The zero-order valence-electron chi connectivity index (χ0n) is 14.2. The number of carbonyl (C=O) groups is 1. The molecule has 24 heavy (non-hydrogen) atoms. The number of carbonyl (C=O) groups excluding carboxylic acids is 1. The number of aromatic nitrogens is 2. The zero-order valence-corrected chi connectivity index (χ0v) is 14.2. The van der Waals surface area contributed by atoms with Crippen LogP contribution in [-0.2, 0) is 11.8 Å². The number of nitrogens with zero attached hydrogens (tertiary/aromatic N) is 4. The quantitative estimate of drug-likeness (QED) is 0.920. The Hall–Kier alpha value is -2.18. The van der Waals surface area contributed by atoms with Gasteiger partial charge in [0.25, 0.3) is 5.91 Å². The molecule has 1 aliphatic heterocycles. The van der Waals surface area contributed by atoms with Gasteiger partial charge in [0.05, 0.1) is 6.04 Å². The van der Waals surface area contributed by atoms with E-state index >= 15 is 0 Å². The fourth-order valence-electron chi connectivity index (χ4n) is 3.29. The molecule has 0 bridgehead atoms. The van der Waals surface area contributed by atoms with Crippen LogP contribution in [0.25, 0.3) is 0 Å². The molecule has 2 heterocycles. The molecule has 1 saturated heterocycles. The van der Waals surface area contributed by atoms with Crippen molar-refractivity contribution >= 4 is 5.91 Å². The molecule has 1 N–H and O–H groups in total. The number of benzene rings is 1. The largest absolute Gasteiger partial charge is 0.378 e. The Morgan fingerprint density at radius 3 is 2.71 bits per heavy atom. The smallest absolute Gasteiger partial charge is 0.256 e. The summed E-state index contributed by atoms with van der Waals surface area (Å²) in [6, 6.07) is 9.14. The van der Waals surface area contributed by atoms with Gasteiger partial charge in [-0.05, 0) is 12.1 Å². The highest BCUT2D eigenvalue weighted by Gasteiger charge is 2.34. The maximum absolute atomic E-state index is 12.7. The molecular weight excluding hydrogens is 304 g/mol. The maximum atomic E-state index is 12.7. The molecule has 2 aromatic rings. The van der Waals surface area contributed by atoms with Gasteiger partial charge >= 0.3 is 0 Å². The van der Waals surface area contributed by atoms with Gasteiger partial charge < -0.3 is 14.6 Å². The van der Waals surface area contributed by atoms with Gasteiger partial charge in [-0.25, -0.2) is 4.98 Å². The number of aliphatic hydroxyl groups is 1. The summed E-state index contributed by atoms with van der Waals surface area (Å²) in [5, 5.41) is 10.4. The van der Waals surface area contributed by atoms with E-state index in [0.29, 0.717) is 18.7 Å². The Morgan fingerprint density at radius 1 is 1.33 bits per heavy atom. The molecule has 1 amide bonds. The van der Waals surface area contributed by atoms with E-state index in [2.05, 4.69) is 16.8 Å². The highest BCUT2D eigenvalue weighted by Crippen LogP contribution is 2.26. The third kappa shape index (κ3) is 3.20. The van der Waals surface area contributed by atoms with Crippen LogP contribution in [0, 0.1) is 0 Å². The van der Waals surface area contributed by atoms with E-state index in [-0.39, 0.29) is 11.9 Å².